The molecule has 1 aromatic rings. The van der Waals surface area contributed by atoms with Crippen molar-refractivity contribution in [3.05, 3.63) is 34.8 Å². The summed E-state index contributed by atoms with van der Waals surface area (Å²) in [5.41, 5.74) is -2.24. The number of nitrogens with one attached hydrogen (secondary N) is 1. The van der Waals surface area contributed by atoms with Crippen LogP contribution in [0, 0.1) is 0 Å². The van der Waals surface area contributed by atoms with Gasteiger partial charge in [0.1, 0.15) is 11.4 Å². The lowest BCUT2D eigenvalue weighted by Gasteiger charge is -2.32. The van der Waals surface area contributed by atoms with Crippen molar-refractivity contribution >= 4 is 19.3 Å². The van der Waals surface area contributed by atoms with Crippen LogP contribution in [0.25, 0.3) is 6.08 Å². The Balaban J connectivity index is 2.40. The molecule has 1 aromatic carbocycles. The minimum atomic E-state index is -4.59. The Morgan fingerprint density at radius 3 is 2.16 bits per heavy atom. The SMILES string of the molecule is COc1ccc(C=C(CNC(=O)OC(C)(C)C)B2OC(C)(C)C(C)(C)O2)cc1C(F)(F)F. The smallest absolute Gasteiger partial charge is 0.492 e. The van der Waals surface area contributed by atoms with Gasteiger partial charge < -0.3 is 24.1 Å². The molecule has 1 N–H and O–H groups in total. The van der Waals surface area contributed by atoms with Gasteiger partial charge in [0.25, 0.3) is 0 Å². The summed E-state index contributed by atoms with van der Waals surface area (Å²) in [5.74, 6) is -0.279. The number of ether oxygens (including phenoxy) is 2. The number of rotatable bonds is 5. The predicted octanol–water partition coefficient (Wildman–Crippen LogP) is 5.25. The quantitative estimate of drug-likeness (QED) is 0.612. The van der Waals surface area contributed by atoms with E-state index in [1.165, 1.54) is 25.3 Å². The molecule has 0 spiro atoms. The zero-order chi connectivity index (χ0) is 24.5. The molecule has 0 aliphatic carbocycles. The van der Waals surface area contributed by atoms with Crippen LogP contribution in [0.2, 0.25) is 0 Å². The van der Waals surface area contributed by atoms with Gasteiger partial charge in [0, 0.05) is 6.54 Å². The molecular formula is C22H31BF3NO5. The Kier molecular flexibility index (Phi) is 7.31. The van der Waals surface area contributed by atoms with E-state index in [9.17, 15) is 18.0 Å². The standard InChI is InChI=1S/C22H31BF3NO5/c1-19(2,3)30-18(28)27-13-15(23-31-20(4,5)21(6,7)32-23)11-14-9-10-17(29-8)16(12-14)22(24,25)26/h9-12H,13H2,1-8H3,(H,27,28). The Hall–Kier alpha value is -2.20. The molecule has 6 nitrogen and oxygen atoms in total. The molecule has 0 radical (unpaired) electrons. The second-order valence-electron chi connectivity index (χ2n) is 9.62. The Bertz CT molecular complexity index is 859. The monoisotopic (exact) mass is 457 g/mol. The number of carbonyl (C=O) groups is 1. The van der Waals surface area contributed by atoms with E-state index in [-0.39, 0.29) is 17.9 Å². The van der Waals surface area contributed by atoms with Crippen LogP contribution in [-0.4, -0.2) is 43.7 Å². The molecule has 0 aromatic heterocycles. The van der Waals surface area contributed by atoms with Gasteiger partial charge in [-0.3, -0.25) is 0 Å². The second kappa shape index (κ2) is 8.98. The van der Waals surface area contributed by atoms with E-state index in [1.807, 2.05) is 27.7 Å². The van der Waals surface area contributed by atoms with Gasteiger partial charge in [0.2, 0.25) is 0 Å². The van der Waals surface area contributed by atoms with Gasteiger partial charge in [0.15, 0.2) is 0 Å². The lowest BCUT2D eigenvalue weighted by molar-refractivity contribution is -0.138. The molecule has 1 amide bonds. The summed E-state index contributed by atoms with van der Waals surface area (Å²) in [5, 5.41) is 2.62. The third kappa shape index (κ3) is 6.42. The van der Waals surface area contributed by atoms with Crippen molar-refractivity contribution in [3.8, 4) is 5.75 Å². The van der Waals surface area contributed by atoms with Gasteiger partial charge in [-0.25, -0.2) is 4.79 Å². The highest BCUT2D eigenvalue weighted by molar-refractivity contribution is 6.56. The third-order valence-corrected chi connectivity index (χ3v) is 5.27. The average molecular weight is 457 g/mol. The zero-order valence-corrected chi connectivity index (χ0v) is 19.8. The van der Waals surface area contributed by atoms with Gasteiger partial charge in [-0.05, 0) is 71.6 Å². The number of alkyl halides is 3. The number of carbonyl (C=O) groups excluding carboxylic acids is 1. The second-order valence-corrected chi connectivity index (χ2v) is 9.62. The van der Waals surface area contributed by atoms with Crippen LogP contribution in [0.3, 0.4) is 0 Å². The first kappa shape index (κ1) is 26.1. The number of amides is 1. The Morgan fingerprint density at radius 2 is 1.69 bits per heavy atom. The first-order valence-electron chi connectivity index (χ1n) is 10.2. The van der Waals surface area contributed by atoms with Crippen LogP contribution in [0.15, 0.2) is 23.7 Å². The van der Waals surface area contributed by atoms with E-state index >= 15 is 0 Å². The number of benzene rings is 1. The molecule has 2 rings (SSSR count). The molecule has 32 heavy (non-hydrogen) atoms. The van der Waals surface area contributed by atoms with Crippen LogP contribution < -0.4 is 10.1 Å². The summed E-state index contributed by atoms with van der Waals surface area (Å²) >= 11 is 0. The van der Waals surface area contributed by atoms with Gasteiger partial charge in [-0.15, -0.1) is 0 Å². The fourth-order valence-corrected chi connectivity index (χ4v) is 2.94. The van der Waals surface area contributed by atoms with Gasteiger partial charge in [-0.2, -0.15) is 13.2 Å². The van der Waals surface area contributed by atoms with Crippen molar-refractivity contribution in [2.45, 2.75) is 71.4 Å². The number of methoxy groups -OCH3 is 1. The summed E-state index contributed by atoms with van der Waals surface area (Å²) in [4.78, 5) is 12.1. The largest absolute Gasteiger partial charge is 0.496 e. The van der Waals surface area contributed by atoms with Crippen molar-refractivity contribution in [2.24, 2.45) is 0 Å². The summed E-state index contributed by atoms with van der Waals surface area (Å²) < 4.78 is 62.5. The summed E-state index contributed by atoms with van der Waals surface area (Å²) in [6, 6.07) is 3.72. The zero-order valence-electron chi connectivity index (χ0n) is 19.8. The van der Waals surface area contributed by atoms with E-state index in [4.69, 9.17) is 18.8 Å². The maximum Gasteiger partial charge on any atom is 0.492 e. The molecule has 1 heterocycles. The Morgan fingerprint density at radius 1 is 1.12 bits per heavy atom. The minimum Gasteiger partial charge on any atom is -0.496 e. The number of hydrogen-bond donors (Lipinski definition) is 1. The predicted molar refractivity (Wildman–Crippen MR) is 116 cm³/mol. The molecule has 0 unspecified atom stereocenters. The maximum absolute atomic E-state index is 13.4. The lowest BCUT2D eigenvalue weighted by Crippen LogP contribution is -2.41. The van der Waals surface area contributed by atoms with Crippen LogP contribution in [0.5, 0.6) is 5.75 Å². The van der Waals surface area contributed by atoms with E-state index in [1.54, 1.807) is 20.8 Å². The van der Waals surface area contributed by atoms with Crippen molar-refractivity contribution in [2.75, 3.05) is 13.7 Å². The molecule has 1 aliphatic heterocycles. The van der Waals surface area contributed by atoms with E-state index in [0.29, 0.717) is 5.47 Å². The average Bonchev–Trinajstić information content (AvgIpc) is 2.83. The van der Waals surface area contributed by atoms with E-state index < -0.39 is 41.8 Å². The van der Waals surface area contributed by atoms with E-state index in [2.05, 4.69) is 5.32 Å². The fourth-order valence-electron chi connectivity index (χ4n) is 2.94. The molecule has 178 valence electrons. The molecule has 0 bridgehead atoms. The van der Waals surface area contributed by atoms with Crippen LogP contribution in [0.4, 0.5) is 18.0 Å². The topological polar surface area (TPSA) is 66.0 Å². The minimum absolute atomic E-state index is 0.0425. The number of alkyl carbamates (subject to hydrolysis) is 1. The number of hydrogen-bond acceptors (Lipinski definition) is 5. The van der Waals surface area contributed by atoms with Crippen molar-refractivity contribution in [1.29, 1.82) is 0 Å². The van der Waals surface area contributed by atoms with Crippen molar-refractivity contribution in [1.82, 2.24) is 5.32 Å². The third-order valence-electron chi connectivity index (χ3n) is 5.27. The molecule has 0 saturated carbocycles. The molecular weight excluding hydrogens is 426 g/mol. The first-order valence-corrected chi connectivity index (χ1v) is 10.2. The fraction of sp³-hybridized carbons (Fsp3) is 0.591. The summed E-state index contributed by atoms with van der Waals surface area (Å²) in [6.45, 7) is 12.6. The van der Waals surface area contributed by atoms with Gasteiger partial charge >= 0.3 is 19.4 Å². The first-order chi connectivity index (χ1) is 14.4. The van der Waals surface area contributed by atoms with Gasteiger partial charge in [-0.1, -0.05) is 12.1 Å². The van der Waals surface area contributed by atoms with Crippen LogP contribution in [-0.2, 0) is 20.2 Å². The normalized spacial score (nSPS) is 18.5. The molecule has 10 heteroatoms. The molecule has 1 saturated heterocycles. The van der Waals surface area contributed by atoms with Crippen LogP contribution >= 0.6 is 0 Å². The highest BCUT2D eigenvalue weighted by atomic mass is 19.4. The number of halogens is 3. The maximum atomic E-state index is 13.4. The molecule has 1 fully saturated rings. The molecule has 1 aliphatic rings. The van der Waals surface area contributed by atoms with Crippen LogP contribution in [0.1, 0.15) is 59.6 Å². The summed E-state index contributed by atoms with van der Waals surface area (Å²) in [6.07, 6.45) is -3.74. The van der Waals surface area contributed by atoms with E-state index in [0.717, 1.165) is 6.07 Å². The van der Waals surface area contributed by atoms with Crippen molar-refractivity contribution < 1.29 is 36.7 Å². The summed E-state index contributed by atoms with van der Waals surface area (Å²) in [7, 11) is 0.312. The lowest BCUT2D eigenvalue weighted by atomic mass is 9.77. The molecule has 0 atom stereocenters. The highest BCUT2D eigenvalue weighted by Gasteiger charge is 2.52. The van der Waals surface area contributed by atoms with Gasteiger partial charge in [0.05, 0.1) is 23.9 Å². The Labute approximate surface area is 187 Å². The highest BCUT2D eigenvalue weighted by Crippen LogP contribution is 2.40. The van der Waals surface area contributed by atoms with Crippen molar-refractivity contribution in [3.63, 3.8) is 0 Å².